The summed E-state index contributed by atoms with van der Waals surface area (Å²) in [6.45, 7) is 1.72. The summed E-state index contributed by atoms with van der Waals surface area (Å²) >= 11 is 0. The standard InChI is InChI=1S/C33H26F6N4O4.CH4/c1-16-11-18(30(44)45)3-5-21(16)19-12-24(29(47-2)41-15-19)22-6-4-20(32(34,35)36)14-23(22)25-7-8-26-28(42-31(46)43(25)26)17-9-10-40-27(13-17)33(37,38)39;/h3-6,9-15,25-26,28H,7-8H2,1-2H3,(H,42,46)(H,44,45);1H4/t25-,26-,28+;/m0./s1. The van der Waals surface area contributed by atoms with Gasteiger partial charge in [-0.25, -0.2) is 14.6 Å². The molecule has 2 aliphatic rings. The van der Waals surface area contributed by atoms with E-state index >= 15 is 0 Å². The molecule has 0 saturated carbocycles. The number of carbonyl (C=O) groups excluding carboxylic acids is 1. The molecule has 4 heterocycles. The zero-order chi connectivity index (χ0) is 33.8. The van der Waals surface area contributed by atoms with Crippen LogP contribution in [0, 0.1) is 6.92 Å². The number of ether oxygens (including phenoxy) is 1. The number of carbonyl (C=O) groups is 2. The van der Waals surface area contributed by atoms with E-state index in [0.717, 1.165) is 24.4 Å². The van der Waals surface area contributed by atoms with Gasteiger partial charge in [0.05, 0.1) is 36.4 Å². The Balaban J connectivity index is 0.00000451. The minimum atomic E-state index is -4.71. The number of hydrogen-bond acceptors (Lipinski definition) is 5. The van der Waals surface area contributed by atoms with Gasteiger partial charge in [0.15, 0.2) is 0 Å². The zero-order valence-electron chi connectivity index (χ0n) is 24.8. The lowest BCUT2D eigenvalue weighted by Gasteiger charge is -2.27. The van der Waals surface area contributed by atoms with Crippen molar-refractivity contribution < 1.29 is 45.8 Å². The van der Waals surface area contributed by atoms with E-state index in [1.807, 2.05) is 0 Å². The second kappa shape index (κ2) is 12.5. The molecule has 14 heteroatoms. The third kappa shape index (κ3) is 6.14. The van der Waals surface area contributed by atoms with E-state index in [0.29, 0.717) is 34.2 Å². The fraction of sp³-hybridized carbons (Fsp3) is 0.294. The number of benzene rings is 2. The quantitative estimate of drug-likeness (QED) is 0.199. The Hall–Kier alpha value is -5.14. The van der Waals surface area contributed by atoms with E-state index in [-0.39, 0.29) is 36.4 Å². The molecule has 2 saturated heterocycles. The maximum atomic E-state index is 14.0. The highest BCUT2D eigenvalue weighted by molar-refractivity contribution is 5.89. The molecule has 2 fully saturated rings. The summed E-state index contributed by atoms with van der Waals surface area (Å²) in [6.07, 6.45) is -6.36. The minimum absolute atomic E-state index is 0. The van der Waals surface area contributed by atoms with Crippen molar-refractivity contribution in [3.63, 3.8) is 0 Å². The Morgan fingerprint density at radius 3 is 2.31 bits per heavy atom. The molecule has 0 spiro atoms. The number of carboxylic acid groups (broad SMARTS) is 1. The van der Waals surface area contributed by atoms with Gasteiger partial charge in [-0.3, -0.25) is 4.98 Å². The molecule has 2 amide bonds. The van der Waals surface area contributed by atoms with Crippen LogP contribution in [0.3, 0.4) is 0 Å². The maximum Gasteiger partial charge on any atom is 0.433 e. The van der Waals surface area contributed by atoms with Gasteiger partial charge in [0, 0.05) is 23.5 Å². The van der Waals surface area contributed by atoms with Crippen LogP contribution in [0.2, 0.25) is 0 Å². The topological polar surface area (TPSA) is 105 Å². The molecule has 6 rings (SSSR count). The van der Waals surface area contributed by atoms with Crippen molar-refractivity contribution in [3.8, 4) is 28.1 Å². The van der Waals surface area contributed by atoms with Crippen LogP contribution in [0.25, 0.3) is 22.3 Å². The van der Waals surface area contributed by atoms with Crippen LogP contribution in [0.1, 0.15) is 70.7 Å². The summed E-state index contributed by atoms with van der Waals surface area (Å²) in [5.41, 5.74) is 0.817. The van der Waals surface area contributed by atoms with Crippen LogP contribution < -0.4 is 10.1 Å². The van der Waals surface area contributed by atoms with Crippen molar-refractivity contribution in [1.29, 1.82) is 0 Å². The SMILES string of the molecule is C.COc1ncc(-c2ccc(C(=O)O)cc2C)cc1-c1ccc(C(F)(F)F)cc1[C@@H]1CC[C@H]2[C@@H](c3ccnc(C(F)(F)F)c3)NC(=O)N12. The molecule has 0 unspecified atom stereocenters. The Morgan fingerprint density at radius 2 is 1.67 bits per heavy atom. The fourth-order valence-corrected chi connectivity index (χ4v) is 6.50. The molecule has 2 N–H and O–H groups in total. The fourth-order valence-electron chi connectivity index (χ4n) is 6.50. The molecular formula is C34H30F6N4O4. The van der Waals surface area contributed by atoms with Gasteiger partial charge in [0.2, 0.25) is 5.88 Å². The highest BCUT2D eigenvalue weighted by Gasteiger charge is 2.49. The molecule has 0 bridgehead atoms. The molecule has 0 aliphatic carbocycles. The molecule has 2 aromatic heterocycles. The lowest BCUT2D eigenvalue weighted by Crippen LogP contribution is -2.32. The number of nitrogens with one attached hydrogen (secondary N) is 1. The molecule has 48 heavy (non-hydrogen) atoms. The Labute approximate surface area is 271 Å². The van der Waals surface area contributed by atoms with Crippen LogP contribution in [-0.4, -0.2) is 45.1 Å². The van der Waals surface area contributed by atoms with Crippen LogP contribution in [0.5, 0.6) is 5.88 Å². The van der Waals surface area contributed by atoms with Crippen molar-refractivity contribution in [2.75, 3.05) is 7.11 Å². The van der Waals surface area contributed by atoms with Gasteiger partial charge in [0.25, 0.3) is 0 Å². The zero-order valence-corrected chi connectivity index (χ0v) is 24.8. The first-order valence-electron chi connectivity index (χ1n) is 14.4. The highest BCUT2D eigenvalue weighted by atomic mass is 19.4. The molecule has 252 valence electrons. The van der Waals surface area contributed by atoms with Gasteiger partial charge in [-0.05, 0) is 90.0 Å². The van der Waals surface area contributed by atoms with E-state index < -0.39 is 53.7 Å². The lowest BCUT2D eigenvalue weighted by molar-refractivity contribution is -0.141. The van der Waals surface area contributed by atoms with Crippen molar-refractivity contribution in [2.45, 2.75) is 57.7 Å². The first-order chi connectivity index (χ1) is 22.2. The van der Waals surface area contributed by atoms with Crippen LogP contribution in [0.15, 0.2) is 67.0 Å². The van der Waals surface area contributed by atoms with Gasteiger partial charge in [-0.2, -0.15) is 26.3 Å². The molecule has 4 aromatic rings. The van der Waals surface area contributed by atoms with Crippen LogP contribution in [-0.2, 0) is 12.4 Å². The Kier molecular flexibility index (Phi) is 8.89. The van der Waals surface area contributed by atoms with E-state index in [4.69, 9.17) is 4.74 Å². The monoisotopic (exact) mass is 672 g/mol. The van der Waals surface area contributed by atoms with Gasteiger partial charge >= 0.3 is 24.4 Å². The average Bonchev–Trinajstić information content (AvgIpc) is 3.60. The summed E-state index contributed by atoms with van der Waals surface area (Å²) in [5.74, 6) is -1.00. The number of aryl methyl sites for hydroxylation is 1. The van der Waals surface area contributed by atoms with E-state index in [2.05, 4.69) is 15.3 Å². The lowest BCUT2D eigenvalue weighted by atomic mass is 9.90. The summed E-state index contributed by atoms with van der Waals surface area (Å²) in [6, 6.07) is 8.68. The maximum absolute atomic E-state index is 14.0. The average molecular weight is 673 g/mol. The van der Waals surface area contributed by atoms with Crippen molar-refractivity contribution in [1.82, 2.24) is 20.2 Å². The first-order valence-corrected chi connectivity index (χ1v) is 14.4. The van der Waals surface area contributed by atoms with Crippen molar-refractivity contribution in [3.05, 3.63) is 101 Å². The number of pyridine rings is 2. The third-order valence-corrected chi connectivity index (χ3v) is 8.62. The van der Waals surface area contributed by atoms with Crippen molar-refractivity contribution >= 4 is 12.0 Å². The van der Waals surface area contributed by atoms with Crippen molar-refractivity contribution in [2.24, 2.45) is 0 Å². The molecule has 0 radical (unpaired) electrons. The second-order valence-electron chi connectivity index (χ2n) is 11.4. The first kappa shape index (κ1) is 34.2. The number of aromatic carboxylic acids is 1. The van der Waals surface area contributed by atoms with Gasteiger partial charge < -0.3 is 20.1 Å². The molecular weight excluding hydrogens is 642 g/mol. The van der Waals surface area contributed by atoms with E-state index in [1.54, 1.807) is 19.1 Å². The van der Waals surface area contributed by atoms with E-state index in [1.165, 1.54) is 42.5 Å². The Bertz CT molecular complexity index is 1890. The summed E-state index contributed by atoms with van der Waals surface area (Å²) in [7, 11) is 1.36. The Morgan fingerprint density at radius 1 is 0.938 bits per heavy atom. The number of halogens is 6. The predicted molar refractivity (Wildman–Crippen MR) is 163 cm³/mol. The number of nitrogens with zero attached hydrogens (tertiary/aromatic N) is 3. The number of rotatable bonds is 6. The number of hydrogen-bond donors (Lipinski definition) is 2. The second-order valence-corrected chi connectivity index (χ2v) is 11.4. The normalized spacial score (nSPS) is 19.0. The number of aromatic nitrogens is 2. The largest absolute Gasteiger partial charge is 0.481 e. The number of carboxylic acids is 1. The van der Waals surface area contributed by atoms with Gasteiger partial charge in [0.1, 0.15) is 5.69 Å². The summed E-state index contributed by atoms with van der Waals surface area (Å²) in [4.78, 5) is 34.0. The van der Waals surface area contributed by atoms with Gasteiger partial charge in [-0.15, -0.1) is 0 Å². The van der Waals surface area contributed by atoms with Gasteiger partial charge in [-0.1, -0.05) is 19.6 Å². The number of amides is 2. The number of fused-ring (bicyclic) bond motifs is 1. The van der Waals surface area contributed by atoms with Crippen LogP contribution >= 0.6 is 0 Å². The smallest absolute Gasteiger partial charge is 0.433 e. The van der Waals surface area contributed by atoms with E-state index in [9.17, 15) is 41.0 Å². The number of urea groups is 1. The van der Waals surface area contributed by atoms with Crippen LogP contribution in [0.4, 0.5) is 31.1 Å². The summed E-state index contributed by atoms with van der Waals surface area (Å²) in [5, 5.41) is 12.1. The molecule has 3 atom stereocenters. The molecule has 2 aromatic carbocycles. The summed E-state index contributed by atoms with van der Waals surface area (Å²) < 4.78 is 87.9. The third-order valence-electron chi connectivity index (χ3n) is 8.62. The predicted octanol–water partition coefficient (Wildman–Crippen LogP) is 8.47. The molecule has 8 nitrogen and oxygen atoms in total. The highest BCUT2D eigenvalue weighted by Crippen LogP contribution is 2.49. The number of alkyl halides is 6. The molecule has 2 aliphatic heterocycles. The number of methoxy groups -OCH3 is 1. The minimum Gasteiger partial charge on any atom is -0.481 e.